The summed E-state index contributed by atoms with van der Waals surface area (Å²) in [6.45, 7) is 3.32. The van der Waals surface area contributed by atoms with Crippen LogP contribution in [0.4, 0.5) is 0 Å². The molecule has 18 heavy (non-hydrogen) atoms. The first kappa shape index (κ1) is 12.9. The van der Waals surface area contributed by atoms with Crippen molar-refractivity contribution in [1.29, 1.82) is 0 Å². The first-order valence-electron chi connectivity index (χ1n) is 6.39. The highest BCUT2D eigenvalue weighted by atomic mass is 16.5. The van der Waals surface area contributed by atoms with E-state index in [0.29, 0.717) is 12.5 Å². The summed E-state index contributed by atoms with van der Waals surface area (Å²) < 4.78 is 5.34. The van der Waals surface area contributed by atoms with Gasteiger partial charge in [-0.2, -0.15) is 0 Å². The number of nitrogens with one attached hydrogen (secondary N) is 1. The highest BCUT2D eigenvalue weighted by Gasteiger charge is 2.25. The van der Waals surface area contributed by atoms with Crippen LogP contribution >= 0.6 is 0 Å². The molecule has 0 radical (unpaired) electrons. The fourth-order valence-electron chi connectivity index (χ4n) is 1.88. The van der Waals surface area contributed by atoms with Gasteiger partial charge in [-0.1, -0.05) is 12.1 Å². The summed E-state index contributed by atoms with van der Waals surface area (Å²) in [5.41, 5.74) is 0.770. The van der Waals surface area contributed by atoms with Crippen molar-refractivity contribution in [3.05, 3.63) is 29.8 Å². The lowest BCUT2D eigenvalue weighted by Crippen LogP contribution is -2.30. The second-order valence-electron chi connectivity index (χ2n) is 4.62. The van der Waals surface area contributed by atoms with Crippen molar-refractivity contribution in [1.82, 2.24) is 5.32 Å². The molecular formula is C14H19NO3. The number of benzene rings is 1. The van der Waals surface area contributed by atoms with Crippen molar-refractivity contribution in [2.75, 3.05) is 13.2 Å². The first-order chi connectivity index (χ1) is 8.70. The summed E-state index contributed by atoms with van der Waals surface area (Å²) in [6, 6.07) is 6.62. The molecule has 1 atom stereocenters. The number of carboxylic acids is 1. The molecule has 0 aromatic heterocycles. The van der Waals surface area contributed by atoms with E-state index in [1.807, 2.05) is 31.2 Å². The minimum absolute atomic E-state index is 0.613. The Balaban J connectivity index is 2.01. The largest absolute Gasteiger partial charge is 0.494 e. The van der Waals surface area contributed by atoms with Crippen LogP contribution in [0.3, 0.4) is 0 Å². The summed E-state index contributed by atoms with van der Waals surface area (Å²) in [4.78, 5) is 11.2. The van der Waals surface area contributed by atoms with Gasteiger partial charge in [-0.3, -0.25) is 4.79 Å². The molecule has 2 N–H and O–H groups in total. The van der Waals surface area contributed by atoms with Gasteiger partial charge >= 0.3 is 5.97 Å². The lowest BCUT2D eigenvalue weighted by atomic mass is 10.1. The van der Waals surface area contributed by atoms with Gasteiger partial charge in [-0.15, -0.1) is 0 Å². The first-order valence-corrected chi connectivity index (χ1v) is 6.39. The molecule has 4 heteroatoms. The van der Waals surface area contributed by atoms with E-state index in [1.165, 1.54) is 12.8 Å². The van der Waals surface area contributed by atoms with Crippen LogP contribution in [0.1, 0.15) is 31.4 Å². The van der Waals surface area contributed by atoms with Crippen LogP contribution < -0.4 is 10.1 Å². The molecule has 0 aliphatic heterocycles. The number of carbonyl (C=O) groups is 1. The molecule has 1 aromatic rings. The Morgan fingerprint density at radius 2 is 2.11 bits per heavy atom. The highest BCUT2D eigenvalue weighted by Crippen LogP contribution is 2.28. The van der Waals surface area contributed by atoms with E-state index in [2.05, 4.69) is 5.32 Å². The van der Waals surface area contributed by atoms with Gasteiger partial charge in [0.15, 0.2) is 0 Å². The molecule has 1 unspecified atom stereocenters. The third-order valence-corrected chi connectivity index (χ3v) is 3.08. The molecule has 0 saturated heterocycles. The van der Waals surface area contributed by atoms with E-state index >= 15 is 0 Å². The molecule has 0 bridgehead atoms. The van der Waals surface area contributed by atoms with Gasteiger partial charge in [0.1, 0.15) is 11.8 Å². The summed E-state index contributed by atoms with van der Waals surface area (Å²) in [7, 11) is 0. The van der Waals surface area contributed by atoms with Gasteiger partial charge in [0.2, 0.25) is 0 Å². The van der Waals surface area contributed by atoms with Crippen molar-refractivity contribution < 1.29 is 14.6 Å². The molecule has 1 saturated carbocycles. The molecule has 2 rings (SSSR count). The average molecular weight is 249 g/mol. The van der Waals surface area contributed by atoms with Crippen molar-refractivity contribution in [2.45, 2.75) is 25.8 Å². The van der Waals surface area contributed by atoms with Crippen molar-refractivity contribution >= 4 is 5.97 Å². The van der Waals surface area contributed by atoms with Crippen LogP contribution in [-0.4, -0.2) is 24.2 Å². The van der Waals surface area contributed by atoms with E-state index in [1.54, 1.807) is 0 Å². The Labute approximate surface area is 107 Å². The van der Waals surface area contributed by atoms with Gasteiger partial charge in [-0.25, -0.2) is 0 Å². The van der Waals surface area contributed by atoms with E-state index in [9.17, 15) is 9.90 Å². The van der Waals surface area contributed by atoms with Crippen LogP contribution in [0.2, 0.25) is 0 Å². The summed E-state index contributed by atoms with van der Waals surface area (Å²) in [5, 5.41) is 12.3. The fourth-order valence-corrected chi connectivity index (χ4v) is 1.88. The van der Waals surface area contributed by atoms with E-state index in [-0.39, 0.29) is 0 Å². The predicted molar refractivity (Wildman–Crippen MR) is 68.7 cm³/mol. The van der Waals surface area contributed by atoms with E-state index in [0.717, 1.165) is 17.9 Å². The number of hydrogen-bond acceptors (Lipinski definition) is 3. The zero-order chi connectivity index (χ0) is 13.0. The molecule has 0 spiro atoms. The third-order valence-electron chi connectivity index (χ3n) is 3.08. The van der Waals surface area contributed by atoms with Crippen LogP contribution in [0.15, 0.2) is 24.3 Å². The minimum atomic E-state index is -0.834. The third kappa shape index (κ3) is 3.47. The molecular weight excluding hydrogens is 230 g/mol. The Morgan fingerprint density at radius 3 is 2.61 bits per heavy atom. The smallest absolute Gasteiger partial charge is 0.325 e. The summed E-state index contributed by atoms with van der Waals surface area (Å²) >= 11 is 0. The average Bonchev–Trinajstić information content (AvgIpc) is 3.15. The van der Waals surface area contributed by atoms with Crippen LogP contribution in [-0.2, 0) is 4.79 Å². The van der Waals surface area contributed by atoms with Gasteiger partial charge in [-0.05, 0) is 49.9 Å². The van der Waals surface area contributed by atoms with E-state index in [4.69, 9.17) is 4.74 Å². The molecule has 0 amide bonds. The van der Waals surface area contributed by atoms with Crippen LogP contribution in [0, 0.1) is 5.92 Å². The Hall–Kier alpha value is -1.55. The monoisotopic (exact) mass is 249 g/mol. The van der Waals surface area contributed by atoms with Gasteiger partial charge < -0.3 is 15.2 Å². The molecule has 1 aromatic carbocycles. The zero-order valence-corrected chi connectivity index (χ0v) is 10.6. The number of rotatable bonds is 7. The normalized spacial score (nSPS) is 16.3. The van der Waals surface area contributed by atoms with Crippen molar-refractivity contribution in [3.63, 3.8) is 0 Å². The van der Waals surface area contributed by atoms with Gasteiger partial charge in [0, 0.05) is 0 Å². The molecule has 0 heterocycles. The quantitative estimate of drug-likeness (QED) is 0.778. The maximum atomic E-state index is 11.2. The molecule has 1 aliphatic rings. The van der Waals surface area contributed by atoms with Gasteiger partial charge in [0.25, 0.3) is 0 Å². The topological polar surface area (TPSA) is 58.6 Å². The van der Waals surface area contributed by atoms with Crippen LogP contribution in [0.5, 0.6) is 5.75 Å². The number of hydrogen-bond donors (Lipinski definition) is 2. The van der Waals surface area contributed by atoms with E-state index < -0.39 is 12.0 Å². The molecule has 1 fully saturated rings. The van der Waals surface area contributed by atoms with Crippen molar-refractivity contribution in [3.8, 4) is 5.75 Å². The molecule has 1 aliphatic carbocycles. The SMILES string of the molecule is CCOc1ccc(C(NCC2CC2)C(=O)O)cc1. The Bertz CT molecular complexity index is 398. The standard InChI is InChI=1S/C14H19NO3/c1-2-18-12-7-5-11(6-8-12)13(14(16)17)15-9-10-3-4-10/h5-8,10,13,15H,2-4,9H2,1H3,(H,16,17). The second-order valence-corrected chi connectivity index (χ2v) is 4.62. The lowest BCUT2D eigenvalue weighted by Gasteiger charge is -2.15. The lowest BCUT2D eigenvalue weighted by molar-refractivity contribution is -0.139. The minimum Gasteiger partial charge on any atom is -0.494 e. The predicted octanol–water partition coefficient (Wildman–Crippen LogP) is 2.21. The van der Waals surface area contributed by atoms with Crippen LogP contribution in [0.25, 0.3) is 0 Å². The molecule has 4 nitrogen and oxygen atoms in total. The number of aliphatic carboxylic acids is 1. The van der Waals surface area contributed by atoms with Crippen molar-refractivity contribution in [2.24, 2.45) is 5.92 Å². The Morgan fingerprint density at radius 1 is 1.44 bits per heavy atom. The van der Waals surface area contributed by atoms with Gasteiger partial charge in [0.05, 0.1) is 6.61 Å². The summed E-state index contributed by atoms with van der Waals surface area (Å²) in [6.07, 6.45) is 2.42. The highest BCUT2D eigenvalue weighted by molar-refractivity contribution is 5.75. The Kier molecular flexibility index (Phi) is 4.20. The second kappa shape index (κ2) is 5.87. The maximum Gasteiger partial charge on any atom is 0.325 e. The number of carboxylic acid groups (broad SMARTS) is 1. The fraction of sp³-hybridized carbons (Fsp3) is 0.500. The maximum absolute atomic E-state index is 11.2. The summed E-state index contributed by atoms with van der Waals surface area (Å²) in [5.74, 6) is 0.599. The molecule has 98 valence electrons. The number of ether oxygens (including phenoxy) is 1. The zero-order valence-electron chi connectivity index (χ0n) is 10.6.